The van der Waals surface area contributed by atoms with Gasteiger partial charge >= 0.3 is 0 Å². The molecule has 0 fully saturated rings. The molecule has 1 amide bonds. The Kier molecular flexibility index (Phi) is 3.41. The Balaban J connectivity index is 1.85. The number of nitrogen functional groups attached to an aromatic ring is 1. The molecular weight excluding hydrogens is 266 g/mol. The third-order valence-electron chi connectivity index (χ3n) is 4.05. The first-order valence-electron chi connectivity index (χ1n) is 7.18. The molecule has 21 heavy (non-hydrogen) atoms. The molecule has 0 radical (unpaired) electrons. The van der Waals surface area contributed by atoms with Crippen molar-refractivity contribution in [3.8, 4) is 0 Å². The number of nitrogens with two attached hydrogens (primary N) is 1. The normalized spacial score (nSPS) is 17.3. The van der Waals surface area contributed by atoms with Crippen molar-refractivity contribution in [2.24, 2.45) is 0 Å². The summed E-state index contributed by atoms with van der Waals surface area (Å²) in [5.41, 5.74) is 10.2. The number of carbonyl (C=O) groups is 1. The topological polar surface area (TPSA) is 81.2 Å². The quantitative estimate of drug-likeness (QED) is 0.831. The van der Waals surface area contributed by atoms with Crippen molar-refractivity contribution in [2.45, 2.75) is 39.2 Å². The van der Waals surface area contributed by atoms with Crippen LogP contribution in [0.4, 0.5) is 5.69 Å². The highest BCUT2D eigenvalue weighted by atomic mass is 16.5. The molecule has 2 aromatic rings. The Bertz CT molecular complexity index is 671. The number of aryl methyl sites for hydroxylation is 3. The maximum Gasteiger partial charge on any atom is 0.257 e. The number of aromatic nitrogens is 1. The number of nitrogens with one attached hydrogen (secondary N) is 1. The van der Waals surface area contributed by atoms with Gasteiger partial charge in [0.15, 0.2) is 0 Å². The molecule has 1 aliphatic rings. The lowest BCUT2D eigenvalue weighted by molar-refractivity contribution is 0.0930. The molecule has 1 aromatic heterocycles. The average Bonchev–Trinajstić information content (AvgIpc) is 2.78. The first-order valence-corrected chi connectivity index (χ1v) is 7.18. The van der Waals surface area contributed by atoms with E-state index in [-0.39, 0.29) is 11.9 Å². The number of rotatable bonds is 2. The zero-order chi connectivity index (χ0) is 15.0. The van der Waals surface area contributed by atoms with Gasteiger partial charge in [-0.05, 0) is 56.4 Å². The smallest absolute Gasteiger partial charge is 0.257 e. The van der Waals surface area contributed by atoms with Gasteiger partial charge in [-0.15, -0.1) is 0 Å². The SMILES string of the molecule is Cc1noc(C)c1C(=O)NC1CCCc2cc(N)ccc21. The molecule has 1 aliphatic carbocycles. The van der Waals surface area contributed by atoms with Crippen LogP contribution in [0, 0.1) is 13.8 Å². The third kappa shape index (κ3) is 2.51. The van der Waals surface area contributed by atoms with E-state index in [0.717, 1.165) is 30.5 Å². The highest BCUT2D eigenvalue weighted by Gasteiger charge is 2.25. The van der Waals surface area contributed by atoms with E-state index in [0.29, 0.717) is 17.0 Å². The number of anilines is 1. The van der Waals surface area contributed by atoms with Gasteiger partial charge in [0.25, 0.3) is 5.91 Å². The summed E-state index contributed by atoms with van der Waals surface area (Å²) in [6.07, 6.45) is 2.99. The molecule has 1 atom stereocenters. The Morgan fingerprint density at radius 2 is 2.24 bits per heavy atom. The summed E-state index contributed by atoms with van der Waals surface area (Å²) in [5, 5.41) is 6.93. The molecule has 3 rings (SSSR count). The molecule has 0 bridgehead atoms. The number of fused-ring (bicyclic) bond motifs is 1. The van der Waals surface area contributed by atoms with Gasteiger partial charge in [-0.2, -0.15) is 0 Å². The summed E-state index contributed by atoms with van der Waals surface area (Å²) in [6, 6.07) is 5.93. The first-order chi connectivity index (χ1) is 10.1. The van der Waals surface area contributed by atoms with Crippen molar-refractivity contribution in [1.29, 1.82) is 0 Å². The number of hydrogen-bond donors (Lipinski definition) is 2. The molecule has 1 aromatic carbocycles. The van der Waals surface area contributed by atoms with Crippen molar-refractivity contribution in [3.05, 3.63) is 46.3 Å². The van der Waals surface area contributed by atoms with E-state index in [1.807, 2.05) is 18.2 Å². The van der Waals surface area contributed by atoms with Crippen LogP contribution in [-0.2, 0) is 6.42 Å². The largest absolute Gasteiger partial charge is 0.399 e. The van der Waals surface area contributed by atoms with Gasteiger partial charge in [0.05, 0.1) is 11.7 Å². The molecule has 110 valence electrons. The standard InChI is InChI=1S/C16H19N3O2/c1-9-15(10(2)21-19-9)16(20)18-14-5-3-4-11-8-12(17)6-7-13(11)14/h6-8,14H,3-5,17H2,1-2H3,(H,18,20). The van der Waals surface area contributed by atoms with E-state index in [2.05, 4.69) is 10.5 Å². The fraction of sp³-hybridized carbons (Fsp3) is 0.375. The molecule has 1 unspecified atom stereocenters. The number of carbonyl (C=O) groups excluding carboxylic acids is 1. The van der Waals surface area contributed by atoms with Crippen molar-refractivity contribution < 1.29 is 9.32 Å². The fourth-order valence-corrected chi connectivity index (χ4v) is 3.02. The second kappa shape index (κ2) is 5.24. The van der Waals surface area contributed by atoms with Gasteiger partial charge < -0.3 is 15.6 Å². The van der Waals surface area contributed by atoms with E-state index < -0.39 is 0 Å². The molecule has 5 heteroatoms. The van der Waals surface area contributed by atoms with Gasteiger partial charge in [0.1, 0.15) is 11.3 Å². The van der Waals surface area contributed by atoms with Crippen LogP contribution in [0.2, 0.25) is 0 Å². The lowest BCUT2D eigenvalue weighted by atomic mass is 9.87. The van der Waals surface area contributed by atoms with Crippen LogP contribution in [0.3, 0.4) is 0 Å². The van der Waals surface area contributed by atoms with E-state index in [1.165, 1.54) is 5.56 Å². The predicted molar refractivity (Wildman–Crippen MR) is 80.0 cm³/mol. The highest BCUT2D eigenvalue weighted by Crippen LogP contribution is 2.31. The zero-order valence-corrected chi connectivity index (χ0v) is 12.3. The zero-order valence-electron chi connectivity index (χ0n) is 12.3. The predicted octanol–water partition coefficient (Wildman–Crippen LogP) is 2.68. The Hall–Kier alpha value is -2.30. The molecule has 0 saturated heterocycles. The molecule has 3 N–H and O–H groups in total. The Labute approximate surface area is 123 Å². The van der Waals surface area contributed by atoms with Gasteiger partial charge in [-0.1, -0.05) is 11.2 Å². The number of amides is 1. The third-order valence-corrected chi connectivity index (χ3v) is 4.05. The summed E-state index contributed by atoms with van der Waals surface area (Å²) in [6.45, 7) is 3.53. The second-order valence-electron chi connectivity index (χ2n) is 5.58. The minimum atomic E-state index is -0.124. The summed E-state index contributed by atoms with van der Waals surface area (Å²) in [4.78, 5) is 12.5. The summed E-state index contributed by atoms with van der Waals surface area (Å²) in [7, 11) is 0. The van der Waals surface area contributed by atoms with Gasteiger partial charge in [-0.25, -0.2) is 0 Å². The molecule has 5 nitrogen and oxygen atoms in total. The number of nitrogens with zero attached hydrogens (tertiary/aromatic N) is 1. The number of hydrogen-bond acceptors (Lipinski definition) is 4. The maximum absolute atomic E-state index is 12.5. The maximum atomic E-state index is 12.5. The first kappa shape index (κ1) is 13.7. The monoisotopic (exact) mass is 285 g/mol. The van der Waals surface area contributed by atoms with Crippen molar-refractivity contribution in [1.82, 2.24) is 10.5 Å². The van der Waals surface area contributed by atoms with E-state index in [9.17, 15) is 4.79 Å². The fourth-order valence-electron chi connectivity index (χ4n) is 3.02. The van der Waals surface area contributed by atoms with Crippen molar-refractivity contribution in [3.63, 3.8) is 0 Å². The van der Waals surface area contributed by atoms with E-state index in [4.69, 9.17) is 10.3 Å². The summed E-state index contributed by atoms with van der Waals surface area (Å²) in [5.74, 6) is 0.430. The van der Waals surface area contributed by atoms with Crippen LogP contribution >= 0.6 is 0 Å². The molecule has 0 aliphatic heterocycles. The van der Waals surface area contributed by atoms with E-state index in [1.54, 1.807) is 13.8 Å². The lowest BCUT2D eigenvalue weighted by Gasteiger charge is -2.26. The van der Waals surface area contributed by atoms with Crippen LogP contribution in [-0.4, -0.2) is 11.1 Å². The Morgan fingerprint density at radius 3 is 2.95 bits per heavy atom. The molecule has 0 spiro atoms. The molecular formula is C16H19N3O2. The van der Waals surface area contributed by atoms with Gasteiger partial charge in [0.2, 0.25) is 0 Å². The van der Waals surface area contributed by atoms with Gasteiger partial charge in [0, 0.05) is 5.69 Å². The van der Waals surface area contributed by atoms with Gasteiger partial charge in [-0.3, -0.25) is 4.79 Å². The summed E-state index contributed by atoms with van der Waals surface area (Å²) >= 11 is 0. The average molecular weight is 285 g/mol. The van der Waals surface area contributed by atoms with Crippen molar-refractivity contribution >= 4 is 11.6 Å². The lowest BCUT2D eigenvalue weighted by Crippen LogP contribution is -2.31. The van der Waals surface area contributed by atoms with E-state index >= 15 is 0 Å². The molecule has 1 heterocycles. The van der Waals surface area contributed by atoms with Crippen LogP contribution in [0.1, 0.15) is 51.8 Å². The van der Waals surface area contributed by atoms with Crippen LogP contribution in [0.5, 0.6) is 0 Å². The van der Waals surface area contributed by atoms with Crippen molar-refractivity contribution in [2.75, 3.05) is 5.73 Å². The minimum absolute atomic E-state index is 0.0237. The number of benzene rings is 1. The highest BCUT2D eigenvalue weighted by molar-refractivity contribution is 5.96. The second-order valence-corrected chi connectivity index (χ2v) is 5.58. The van der Waals surface area contributed by atoms with Crippen LogP contribution < -0.4 is 11.1 Å². The summed E-state index contributed by atoms with van der Waals surface area (Å²) < 4.78 is 5.06. The van der Waals surface area contributed by atoms with Crippen LogP contribution in [0.15, 0.2) is 22.7 Å². The Morgan fingerprint density at radius 1 is 1.43 bits per heavy atom. The minimum Gasteiger partial charge on any atom is -0.399 e. The molecule has 0 saturated carbocycles. The van der Waals surface area contributed by atoms with Crippen LogP contribution in [0.25, 0.3) is 0 Å².